The molecule has 138 valence electrons. The molecule has 0 aromatic heterocycles. The predicted molar refractivity (Wildman–Crippen MR) is 96.8 cm³/mol. The summed E-state index contributed by atoms with van der Waals surface area (Å²) in [5.41, 5.74) is 6.74. The molecule has 2 heterocycles. The molecule has 0 aliphatic carbocycles. The number of benzene rings is 1. The topological polar surface area (TPSA) is 88.2 Å². The van der Waals surface area contributed by atoms with Gasteiger partial charge in [-0.25, -0.2) is 13.4 Å². The molecule has 0 saturated carbocycles. The van der Waals surface area contributed by atoms with Crippen molar-refractivity contribution in [2.24, 2.45) is 10.7 Å². The van der Waals surface area contributed by atoms with Gasteiger partial charge in [-0.15, -0.1) is 0 Å². The summed E-state index contributed by atoms with van der Waals surface area (Å²) in [4.78, 5) is 6.73. The standard InChI is InChI=1S/C17H26N4O3S/c18-17(20-10-12-24-13-11-20)19-14-15-6-2-3-7-16(15)25(22,23)21-8-4-1-5-9-21/h2-3,6-7H,1,4-5,8-14H2,(H2,18,19). The Morgan fingerprint density at radius 2 is 1.76 bits per heavy atom. The number of rotatable bonds is 4. The van der Waals surface area contributed by atoms with Crippen LogP contribution in [-0.4, -0.2) is 63.0 Å². The predicted octanol–water partition coefficient (Wildman–Crippen LogP) is 1.01. The summed E-state index contributed by atoms with van der Waals surface area (Å²) in [5.74, 6) is 0.438. The maximum atomic E-state index is 13.0. The second-order valence-corrected chi connectivity index (χ2v) is 8.25. The largest absolute Gasteiger partial charge is 0.378 e. The van der Waals surface area contributed by atoms with Crippen LogP contribution in [0.1, 0.15) is 24.8 Å². The molecule has 2 fully saturated rings. The van der Waals surface area contributed by atoms with Gasteiger partial charge in [-0.1, -0.05) is 24.6 Å². The van der Waals surface area contributed by atoms with E-state index in [0.717, 1.165) is 19.3 Å². The fourth-order valence-electron chi connectivity index (χ4n) is 3.19. The summed E-state index contributed by atoms with van der Waals surface area (Å²) in [6.45, 7) is 4.14. The molecule has 8 heteroatoms. The molecule has 0 amide bonds. The van der Waals surface area contributed by atoms with Crippen molar-refractivity contribution in [1.82, 2.24) is 9.21 Å². The first-order valence-electron chi connectivity index (χ1n) is 8.80. The maximum Gasteiger partial charge on any atom is 0.243 e. The van der Waals surface area contributed by atoms with Crippen LogP contribution in [0.4, 0.5) is 0 Å². The minimum atomic E-state index is -3.48. The number of morpholine rings is 1. The Balaban J connectivity index is 1.78. The highest BCUT2D eigenvalue weighted by molar-refractivity contribution is 7.89. The minimum absolute atomic E-state index is 0.256. The minimum Gasteiger partial charge on any atom is -0.378 e. The van der Waals surface area contributed by atoms with Gasteiger partial charge in [-0.05, 0) is 24.5 Å². The summed E-state index contributed by atoms with van der Waals surface area (Å²) in [5, 5.41) is 0. The van der Waals surface area contributed by atoms with E-state index in [1.165, 1.54) is 0 Å². The maximum absolute atomic E-state index is 13.0. The van der Waals surface area contributed by atoms with E-state index in [1.807, 2.05) is 17.0 Å². The van der Waals surface area contributed by atoms with Crippen molar-refractivity contribution in [2.75, 3.05) is 39.4 Å². The van der Waals surface area contributed by atoms with Crippen molar-refractivity contribution in [3.8, 4) is 0 Å². The van der Waals surface area contributed by atoms with Crippen LogP contribution in [0.5, 0.6) is 0 Å². The molecule has 1 aromatic carbocycles. The van der Waals surface area contributed by atoms with Crippen LogP contribution in [0, 0.1) is 0 Å². The van der Waals surface area contributed by atoms with Crippen molar-refractivity contribution in [3.05, 3.63) is 29.8 Å². The lowest BCUT2D eigenvalue weighted by Crippen LogP contribution is -2.44. The lowest BCUT2D eigenvalue weighted by Gasteiger charge is -2.28. The lowest BCUT2D eigenvalue weighted by molar-refractivity contribution is 0.0674. The van der Waals surface area contributed by atoms with Crippen LogP contribution in [0.2, 0.25) is 0 Å². The van der Waals surface area contributed by atoms with E-state index in [-0.39, 0.29) is 6.54 Å². The zero-order chi connectivity index (χ0) is 17.7. The first-order valence-corrected chi connectivity index (χ1v) is 10.2. The Morgan fingerprint density at radius 1 is 1.08 bits per heavy atom. The van der Waals surface area contributed by atoms with Gasteiger partial charge in [0.2, 0.25) is 10.0 Å². The van der Waals surface area contributed by atoms with Gasteiger partial charge >= 0.3 is 0 Å². The van der Waals surface area contributed by atoms with Gasteiger partial charge in [0.05, 0.1) is 24.7 Å². The van der Waals surface area contributed by atoms with E-state index >= 15 is 0 Å². The van der Waals surface area contributed by atoms with Crippen molar-refractivity contribution in [1.29, 1.82) is 0 Å². The van der Waals surface area contributed by atoms with E-state index in [4.69, 9.17) is 10.5 Å². The molecule has 2 aliphatic rings. The molecule has 3 rings (SSSR count). The lowest BCUT2D eigenvalue weighted by atomic mass is 10.2. The Bertz CT molecular complexity index is 708. The Labute approximate surface area is 149 Å². The molecular formula is C17H26N4O3S. The van der Waals surface area contributed by atoms with Gasteiger partial charge in [0.15, 0.2) is 5.96 Å². The molecule has 1 aromatic rings. The van der Waals surface area contributed by atoms with Crippen LogP contribution in [0.25, 0.3) is 0 Å². The molecule has 2 saturated heterocycles. The Morgan fingerprint density at radius 3 is 2.48 bits per heavy atom. The molecule has 7 nitrogen and oxygen atoms in total. The monoisotopic (exact) mass is 366 g/mol. The highest BCUT2D eigenvalue weighted by Crippen LogP contribution is 2.24. The van der Waals surface area contributed by atoms with E-state index in [2.05, 4.69) is 4.99 Å². The summed E-state index contributed by atoms with van der Waals surface area (Å²) >= 11 is 0. The summed E-state index contributed by atoms with van der Waals surface area (Å²) in [6.07, 6.45) is 2.93. The van der Waals surface area contributed by atoms with Crippen molar-refractivity contribution in [3.63, 3.8) is 0 Å². The second-order valence-electron chi connectivity index (χ2n) is 6.35. The van der Waals surface area contributed by atoms with Gasteiger partial charge < -0.3 is 15.4 Å². The number of sulfonamides is 1. The Kier molecular flexibility index (Phi) is 5.93. The number of ether oxygens (including phenoxy) is 1. The number of piperidine rings is 1. The number of nitrogens with two attached hydrogens (primary N) is 1. The third kappa shape index (κ3) is 4.31. The van der Waals surface area contributed by atoms with Crippen LogP contribution in [0.3, 0.4) is 0 Å². The fraction of sp³-hybridized carbons (Fsp3) is 0.588. The van der Waals surface area contributed by atoms with E-state index in [1.54, 1.807) is 16.4 Å². The molecular weight excluding hydrogens is 340 g/mol. The zero-order valence-electron chi connectivity index (χ0n) is 14.4. The number of nitrogens with zero attached hydrogens (tertiary/aromatic N) is 3. The smallest absolute Gasteiger partial charge is 0.243 e. The van der Waals surface area contributed by atoms with Crippen LogP contribution < -0.4 is 5.73 Å². The number of aliphatic imine (C=N–C) groups is 1. The highest BCUT2D eigenvalue weighted by Gasteiger charge is 2.27. The third-order valence-corrected chi connectivity index (χ3v) is 6.65. The molecule has 0 radical (unpaired) electrons. The van der Waals surface area contributed by atoms with E-state index < -0.39 is 10.0 Å². The molecule has 0 unspecified atom stereocenters. The number of guanidine groups is 1. The first-order chi connectivity index (χ1) is 12.1. The summed E-state index contributed by atoms with van der Waals surface area (Å²) in [7, 11) is -3.48. The SMILES string of the molecule is NC(=NCc1ccccc1S(=O)(=O)N1CCCCC1)N1CCOCC1. The van der Waals surface area contributed by atoms with E-state index in [9.17, 15) is 8.42 Å². The average molecular weight is 366 g/mol. The van der Waals surface area contributed by atoms with Crippen LogP contribution in [-0.2, 0) is 21.3 Å². The summed E-state index contributed by atoms with van der Waals surface area (Å²) in [6, 6.07) is 7.08. The normalized spacial score (nSPS) is 20.6. The molecule has 0 bridgehead atoms. The molecule has 0 atom stereocenters. The molecule has 0 spiro atoms. The van der Waals surface area contributed by atoms with Gasteiger partial charge in [-0.2, -0.15) is 4.31 Å². The number of hydrogen-bond donors (Lipinski definition) is 1. The highest BCUT2D eigenvalue weighted by atomic mass is 32.2. The van der Waals surface area contributed by atoms with Gasteiger partial charge in [0, 0.05) is 26.2 Å². The molecule has 25 heavy (non-hydrogen) atoms. The van der Waals surface area contributed by atoms with Gasteiger partial charge in [0.1, 0.15) is 0 Å². The fourth-order valence-corrected chi connectivity index (χ4v) is 4.92. The van der Waals surface area contributed by atoms with Crippen LogP contribution in [0.15, 0.2) is 34.2 Å². The van der Waals surface area contributed by atoms with Crippen molar-refractivity contribution < 1.29 is 13.2 Å². The zero-order valence-corrected chi connectivity index (χ0v) is 15.2. The molecule has 2 N–H and O–H groups in total. The van der Waals surface area contributed by atoms with Crippen molar-refractivity contribution in [2.45, 2.75) is 30.7 Å². The van der Waals surface area contributed by atoms with Gasteiger partial charge in [-0.3, -0.25) is 0 Å². The number of hydrogen-bond acceptors (Lipinski definition) is 4. The Hall–Kier alpha value is -1.64. The quantitative estimate of drug-likeness (QED) is 0.635. The molecule has 2 aliphatic heterocycles. The van der Waals surface area contributed by atoms with Gasteiger partial charge in [0.25, 0.3) is 0 Å². The van der Waals surface area contributed by atoms with Crippen molar-refractivity contribution >= 4 is 16.0 Å². The first kappa shape index (κ1) is 18.2. The second kappa shape index (κ2) is 8.16. The van der Waals surface area contributed by atoms with E-state index in [0.29, 0.717) is 55.8 Å². The summed E-state index contributed by atoms with van der Waals surface area (Å²) < 4.78 is 32.8. The average Bonchev–Trinajstić information content (AvgIpc) is 2.67. The third-order valence-electron chi connectivity index (χ3n) is 4.65. The van der Waals surface area contributed by atoms with Crippen LogP contribution >= 0.6 is 0 Å².